The quantitative estimate of drug-likeness (QED) is 0.211. The molecule has 46 heavy (non-hydrogen) atoms. The van der Waals surface area contributed by atoms with Crippen molar-refractivity contribution in [1.29, 1.82) is 0 Å². The lowest BCUT2D eigenvalue weighted by Gasteiger charge is -2.41. The number of fused-ring (bicyclic) bond motifs is 1. The second-order valence-electron chi connectivity index (χ2n) is 13.1. The maximum absolute atomic E-state index is 16.0. The van der Waals surface area contributed by atoms with Crippen LogP contribution in [-0.2, 0) is 35.1 Å². The third kappa shape index (κ3) is 7.32. The van der Waals surface area contributed by atoms with Crippen molar-refractivity contribution in [2.45, 2.75) is 104 Å². The number of halogens is 1. The highest BCUT2D eigenvalue weighted by Crippen LogP contribution is 2.42. The summed E-state index contributed by atoms with van der Waals surface area (Å²) in [5.74, 6) is -7.40. The Morgan fingerprint density at radius 3 is 2.35 bits per heavy atom. The Kier molecular flexibility index (Phi) is 11.0. The molecule has 8 atom stereocenters. The van der Waals surface area contributed by atoms with Gasteiger partial charge in [0.05, 0.1) is 18.1 Å². The molecular formula is C34H47FN4O7. The van der Waals surface area contributed by atoms with Crippen molar-refractivity contribution >= 4 is 23.6 Å². The Morgan fingerprint density at radius 2 is 1.72 bits per heavy atom. The van der Waals surface area contributed by atoms with Crippen LogP contribution in [0.1, 0.15) is 73.6 Å². The molecule has 4 heterocycles. The zero-order valence-corrected chi connectivity index (χ0v) is 27.9. The largest absolute Gasteiger partial charge is 0.458 e. The monoisotopic (exact) mass is 642 g/mol. The molecule has 0 bridgehead atoms. The van der Waals surface area contributed by atoms with Gasteiger partial charge in [0.1, 0.15) is 23.6 Å². The molecule has 0 radical (unpaired) electrons. The van der Waals surface area contributed by atoms with Gasteiger partial charge in [0.2, 0.25) is 5.85 Å². The number of aryl methyl sites for hydroxylation is 1. The van der Waals surface area contributed by atoms with E-state index in [-0.39, 0.29) is 31.6 Å². The Balaban J connectivity index is 1.58. The number of imidazole rings is 1. The normalized spacial score (nSPS) is 32.9. The van der Waals surface area contributed by atoms with Crippen LogP contribution in [0.3, 0.4) is 0 Å². The summed E-state index contributed by atoms with van der Waals surface area (Å²) in [5.41, 5.74) is 0.327. The van der Waals surface area contributed by atoms with Crippen molar-refractivity contribution in [3.8, 4) is 11.3 Å². The van der Waals surface area contributed by atoms with Crippen molar-refractivity contribution < 1.29 is 37.8 Å². The van der Waals surface area contributed by atoms with Crippen LogP contribution in [0.2, 0.25) is 0 Å². The van der Waals surface area contributed by atoms with Gasteiger partial charge < -0.3 is 23.7 Å². The number of carbonyl (C=O) groups excluding carboxylic acids is 4. The summed E-state index contributed by atoms with van der Waals surface area (Å²) in [4.78, 5) is 64.0. The molecule has 0 aliphatic carbocycles. The van der Waals surface area contributed by atoms with Gasteiger partial charge in [0, 0.05) is 74.9 Å². The summed E-state index contributed by atoms with van der Waals surface area (Å²) in [6.07, 6.45) is 6.61. The van der Waals surface area contributed by atoms with Crippen molar-refractivity contribution in [3.63, 3.8) is 0 Å². The number of cyclic esters (lactones) is 1. The number of unbranched alkanes of at least 4 members (excludes halogenated alkanes) is 1. The Hall–Kier alpha value is -3.67. The van der Waals surface area contributed by atoms with Crippen LogP contribution in [0, 0.1) is 23.7 Å². The van der Waals surface area contributed by atoms with Crippen LogP contribution in [0.5, 0.6) is 0 Å². The number of pyridine rings is 1. The number of nitrogens with zero attached hydrogens (tertiary/aromatic N) is 4. The minimum atomic E-state index is -2.27. The van der Waals surface area contributed by atoms with Gasteiger partial charge in [-0.2, -0.15) is 0 Å². The van der Waals surface area contributed by atoms with Gasteiger partial charge >= 0.3 is 12.1 Å². The van der Waals surface area contributed by atoms with Crippen molar-refractivity contribution in [1.82, 2.24) is 19.4 Å². The number of carbonyl (C=O) groups is 4. The van der Waals surface area contributed by atoms with Crippen molar-refractivity contribution in [2.75, 3.05) is 13.7 Å². The van der Waals surface area contributed by atoms with Gasteiger partial charge in [-0.3, -0.25) is 19.4 Å². The van der Waals surface area contributed by atoms with E-state index in [0.29, 0.717) is 19.4 Å². The maximum Gasteiger partial charge on any atom is 0.410 e. The fraction of sp³-hybridized carbons (Fsp3) is 0.647. The number of alkyl halides is 1. The lowest BCUT2D eigenvalue weighted by Crippen LogP contribution is -2.58. The lowest BCUT2D eigenvalue weighted by atomic mass is 9.75. The number of ether oxygens (including phenoxy) is 3. The SMILES string of the molecule is CC[C@H]1OC(=O)[C@H](C)C(=O)[C@H](C)C[C@](F)(OC)C[C@@H](C)C(=O)[C@H](C)[C@H]2N(CCCCn3cnc(-c4cccnc4)c3)C(=O)O[C@]12C. The summed E-state index contributed by atoms with van der Waals surface area (Å²) < 4.78 is 35.0. The maximum atomic E-state index is 16.0. The minimum Gasteiger partial charge on any atom is -0.458 e. The molecule has 0 unspecified atom stereocenters. The van der Waals surface area contributed by atoms with E-state index < -0.39 is 65.1 Å². The lowest BCUT2D eigenvalue weighted by molar-refractivity contribution is -0.175. The molecule has 4 rings (SSSR count). The van der Waals surface area contributed by atoms with E-state index in [4.69, 9.17) is 14.2 Å². The van der Waals surface area contributed by atoms with E-state index in [1.807, 2.05) is 22.9 Å². The molecule has 0 aromatic carbocycles. The number of aromatic nitrogens is 3. The van der Waals surface area contributed by atoms with Gasteiger partial charge in [-0.25, -0.2) is 14.2 Å². The first-order chi connectivity index (χ1) is 21.7. The van der Waals surface area contributed by atoms with Crippen molar-refractivity contribution in [3.05, 3.63) is 37.1 Å². The molecule has 252 valence electrons. The first kappa shape index (κ1) is 35.2. The predicted octanol–water partition coefficient (Wildman–Crippen LogP) is 5.42. The van der Waals surface area contributed by atoms with Crippen LogP contribution in [0.4, 0.5) is 9.18 Å². The van der Waals surface area contributed by atoms with Gasteiger partial charge in [-0.05, 0) is 45.2 Å². The number of ketones is 2. The van der Waals surface area contributed by atoms with Gasteiger partial charge in [0.25, 0.3) is 0 Å². The molecule has 2 aliphatic heterocycles. The molecule has 2 saturated heterocycles. The summed E-state index contributed by atoms with van der Waals surface area (Å²) in [5, 5.41) is 0. The highest BCUT2D eigenvalue weighted by atomic mass is 19.2. The van der Waals surface area contributed by atoms with E-state index in [9.17, 15) is 19.2 Å². The highest BCUT2D eigenvalue weighted by molar-refractivity contribution is 5.99. The number of hydrogen-bond donors (Lipinski definition) is 0. The zero-order valence-electron chi connectivity index (χ0n) is 27.9. The summed E-state index contributed by atoms with van der Waals surface area (Å²) in [7, 11) is 1.20. The second-order valence-corrected chi connectivity index (χ2v) is 13.1. The summed E-state index contributed by atoms with van der Waals surface area (Å²) >= 11 is 0. The van der Waals surface area contributed by atoms with Crippen LogP contribution in [0.15, 0.2) is 37.1 Å². The number of methoxy groups -OCH3 is 1. The average Bonchev–Trinajstić information content (AvgIpc) is 3.61. The van der Waals surface area contributed by atoms with Gasteiger partial charge in [-0.15, -0.1) is 0 Å². The van der Waals surface area contributed by atoms with Gasteiger partial charge in [0.15, 0.2) is 5.60 Å². The fourth-order valence-corrected chi connectivity index (χ4v) is 7.07. The average molecular weight is 643 g/mol. The Bertz CT molecular complexity index is 1400. The van der Waals surface area contributed by atoms with Crippen LogP contribution >= 0.6 is 0 Å². The number of rotatable bonds is 8. The summed E-state index contributed by atoms with van der Waals surface area (Å²) in [6, 6.07) is 2.99. The minimum absolute atomic E-state index is 0.273. The Labute approximate surface area is 270 Å². The zero-order chi connectivity index (χ0) is 33.8. The molecule has 2 aromatic heterocycles. The summed E-state index contributed by atoms with van der Waals surface area (Å²) in [6.45, 7) is 10.7. The van der Waals surface area contributed by atoms with Crippen molar-refractivity contribution in [2.24, 2.45) is 23.7 Å². The molecule has 2 aromatic rings. The fourth-order valence-electron chi connectivity index (χ4n) is 7.07. The van der Waals surface area contributed by atoms with E-state index in [1.54, 1.807) is 51.3 Å². The molecule has 1 amide bonds. The third-order valence-corrected chi connectivity index (χ3v) is 9.65. The molecule has 2 aliphatic rings. The molecular weight excluding hydrogens is 595 g/mol. The molecule has 0 saturated carbocycles. The first-order valence-electron chi connectivity index (χ1n) is 16.2. The van der Waals surface area contributed by atoms with Crippen LogP contribution in [0.25, 0.3) is 11.3 Å². The molecule has 2 fully saturated rings. The van der Waals surface area contributed by atoms with E-state index in [0.717, 1.165) is 11.3 Å². The van der Waals surface area contributed by atoms with Crippen LogP contribution < -0.4 is 0 Å². The molecule has 11 nitrogen and oxygen atoms in total. The molecule has 0 spiro atoms. The smallest absolute Gasteiger partial charge is 0.410 e. The topological polar surface area (TPSA) is 130 Å². The van der Waals surface area contributed by atoms with E-state index in [2.05, 4.69) is 9.97 Å². The first-order valence-corrected chi connectivity index (χ1v) is 16.2. The number of Topliss-reactive ketones (excluding diaryl/α,β-unsaturated/α-hetero) is 2. The second kappa shape index (κ2) is 14.4. The van der Waals surface area contributed by atoms with E-state index in [1.165, 1.54) is 21.0 Å². The van der Waals surface area contributed by atoms with Gasteiger partial charge in [-0.1, -0.05) is 27.7 Å². The Morgan fingerprint density at radius 1 is 1.04 bits per heavy atom. The molecule has 12 heteroatoms. The van der Waals surface area contributed by atoms with Crippen LogP contribution in [-0.4, -0.2) is 80.3 Å². The number of amides is 1. The standard InChI is InChI=1S/C34H47FN4O7/c1-8-27-33(6)30(23(4)28(40)21(2)16-34(35,44-7)17-22(3)29(41)24(5)31(42)45-27)39(32(43)46-33)15-10-9-14-38-19-26(37-20-38)25-12-11-13-36-18-25/h11-13,18-24,27,30H,8-10,14-17H2,1-7H3/t21-,22-,23+,24-,27-,30-,33-,34-/m1/s1. The number of esters is 1. The predicted molar refractivity (Wildman–Crippen MR) is 167 cm³/mol. The number of hydrogen-bond acceptors (Lipinski definition) is 9. The van der Waals surface area contributed by atoms with E-state index >= 15 is 4.39 Å². The highest BCUT2D eigenvalue weighted by Gasteiger charge is 2.59. The molecule has 0 N–H and O–H groups in total. The third-order valence-electron chi connectivity index (χ3n) is 9.65.